The molecule has 1 aliphatic rings. The van der Waals surface area contributed by atoms with Gasteiger partial charge in [0.1, 0.15) is 0 Å². The van der Waals surface area contributed by atoms with E-state index in [1.807, 2.05) is 0 Å². The molecular formula is C18H25N. The van der Waals surface area contributed by atoms with Crippen molar-refractivity contribution < 1.29 is 0 Å². The number of hydrogen-bond donors (Lipinski definition) is 0. The molecule has 102 valence electrons. The summed E-state index contributed by atoms with van der Waals surface area (Å²) in [7, 11) is 0. The first-order valence-corrected chi connectivity index (χ1v) is 7.74. The van der Waals surface area contributed by atoms with Crippen molar-refractivity contribution in [1.29, 1.82) is 5.26 Å². The molecule has 1 fully saturated rings. The lowest BCUT2D eigenvalue weighted by atomic mass is 9.79. The first-order chi connectivity index (χ1) is 9.24. The Kier molecular flexibility index (Phi) is 5.02. The lowest BCUT2D eigenvalue weighted by Crippen LogP contribution is -2.11. The molecule has 1 aliphatic carbocycles. The summed E-state index contributed by atoms with van der Waals surface area (Å²) in [4.78, 5) is 0. The lowest BCUT2D eigenvalue weighted by Gasteiger charge is -2.25. The molecule has 1 aromatic carbocycles. The first kappa shape index (κ1) is 14.1. The Bertz CT molecular complexity index is 418. The second kappa shape index (κ2) is 6.75. The Morgan fingerprint density at radius 2 is 1.79 bits per heavy atom. The van der Waals surface area contributed by atoms with Gasteiger partial charge in [0, 0.05) is 5.92 Å². The molecule has 0 bridgehead atoms. The standard InChI is InChI=1S/C18H25N/c1-3-4-14(2)16-9-11-18(12-10-16)17-7-5-15(13-19)6-8-17/h9-12,14-15,17H,3-8H2,1-2H3. The predicted octanol–water partition coefficient (Wildman–Crippen LogP) is 5.39. The monoisotopic (exact) mass is 255 g/mol. The molecule has 1 nitrogen and oxygen atoms in total. The van der Waals surface area contributed by atoms with Gasteiger partial charge in [-0.15, -0.1) is 0 Å². The Labute approximate surface area is 117 Å². The molecule has 1 unspecified atom stereocenters. The molecule has 0 spiro atoms. The van der Waals surface area contributed by atoms with Crippen LogP contribution in [-0.2, 0) is 0 Å². The van der Waals surface area contributed by atoms with Gasteiger partial charge in [0.25, 0.3) is 0 Å². The van der Waals surface area contributed by atoms with E-state index >= 15 is 0 Å². The molecule has 0 aliphatic heterocycles. The maximum Gasteiger partial charge on any atom is 0.0655 e. The maximum absolute atomic E-state index is 8.95. The number of benzene rings is 1. The van der Waals surface area contributed by atoms with E-state index in [4.69, 9.17) is 5.26 Å². The van der Waals surface area contributed by atoms with Gasteiger partial charge in [0.05, 0.1) is 6.07 Å². The first-order valence-electron chi connectivity index (χ1n) is 7.74. The fourth-order valence-electron chi connectivity index (χ4n) is 3.25. The third-order valence-corrected chi connectivity index (χ3v) is 4.61. The second-order valence-electron chi connectivity index (χ2n) is 6.03. The summed E-state index contributed by atoms with van der Waals surface area (Å²) in [5, 5.41) is 8.95. The summed E-state index contributed by atoms with van der Waals surface area (Å²) in [6.07, 6.45) is 7.04. The Hall–Kier alpha value is -1.29. The van der Waals surface area contributed by atoms with Gasteiger partial charge in [0.2, 0.25) is 0 Å². The molecule has 0 heterocycles. The molecule has 0 saturated heterocycles. The smallest absolute Gasteiger partial charge is 0.0655 e. The lowest BCUT2D eigenvalue weighted by molar-refractivity contribution is 0.382. The quantitative estimate of drug-likeness (QED) is 0.707. The number of hydrogen-bond acceptors (Lipinski definition) is 1. The molecular weight excluding hydrogens is 230 g/mol. The Balaban J connectivity index is 1.97. The second-order valence-corrected chi connectivity index (χ2v) is 6.03. The van der Waals surface area contributed by atoms with Crippen LogP contribution in [0, 0.1) is 17.2 Å². The average molecular weight is 255 g/mol. The van der Waals surface area contributed by atoms with Crippen molar-refractivity contribution in [2.75, 3.05) is 0 Å². The van der Waals surface area contributed by atoms with Gasteiger partial charge in [0.15, 0.2) is 0 Å². The topological polar surface area (TPSA) is 23.8 Å². The molecule has 1 heteroatoms. The normalized spacial score (nSPS) is 24.7. The molecule has 0 amide bonds. The van der Waals surface area contributed by atoms with E-state index in [2.05, 4.69) is 44.2 Å². The van der Waals surface area contributed by atoms with Crippen molar-refractivity contribution in [3.63, 3.8) is 0 Å². The minimum atomic E-state index is 0.306. The number of rotatable bonds is 4. The summed E-state index contributed by atoms with van der Waals surface area (Å²) in [5.41, 5.74) is 2.94. The van der Waals surface area contributed by atoms with Gasteiger partial charge >= 0.3 is 0 Å². The molecule has 1 saturated carbocycles. The van der Waals surface area contributed by atoms with Crippen LogP contribution in [0.1, 0.15) is 75.3 Å². The number of nitriles is 1. The summed E-state index contributed by atoms with van der Waals surface area (Å²) < 4.78 is 0. The van der Waals surface area contributed by atoms with Crippen LogP contribution >= 0.6 is 0 Å². The maximum atomic E-state index is 8.95. The Morgan fingerprint density at radius 3 is 2.32 bits per heavy atom. The SMILES string of the molecule is CCCC(C)c1ccc(C2CCC(C#N)CC2)cc1. The van der Waals surface area contributed by atoms with Crippen LogP contribution in [0.15, 0.2) is 24.3 Å². The van der Waals surface area contributed by atoms with E-state index in [9.17, 15) is 0 Å². The van der Waals surface area contributed by atoms with Gasteiger partial charge in [-0.2, -0.15) is 5.26 Å². The van der Waals surface area contributed by atoms with Crippen molar-refractivity contribution in [1.82, 2.24) is 0 Å². The minimum Gasteiger partial charge on any atom is -0.198 e. The average Bonchev–Trinajstić information content (AvgIpc) is 2.48. The summed E-state index contributed by atoms with van der Waals surface area (Å²) in [6, 6.07) is 11.7. The van der Waals surface area contributed by atoms with Gasteiger partial charge in [-0.05, 0) is 55.1 Å². The van der Waals surface area contributed by atoms with Crippen molar-refractivity contribution >= 4 is 0 Å². The predicted molar refractivity (Wildman–Crippen MR) is 80.1 cm³/mol. The minimum absolute atomic E-state index is 0.306. The van der Waals surface area contributed by atoms with E-state index in [1.54, 1.807) is 0 Å². The third kappa shape index (κ3) is 3.60. The molecule has 1 atom stereocenters. The fourth-order valence-corrected chi connectivity index (χ4v) is 3.25. The fraction of sp³-hybridized carbons (Fsp3) is 0.611. The molecule has 0 aromatic heterocycles. The van der Waals surface area contributed by atoms with Gasteiger partial charge in [-0.3, -0.25) is 0 Å². The highest BCUT2D eigenvalue weighted by atomic mass is 14.3. The molecule has 19 heavy (non-hydrogen) atoms. The highest BCUT2D eigenvalue weighted by Gasteiger charge is 2.22. The number of nitrogens with zero attached hydrogens (tertiary/aromatic N) is 1. The molecule has 0 N–H and O–H groups in total. The van der Waals surface area contributed by atoms with E-state index in [0.29, 0.717) is 17.8 Å². The zero-order chi connectivity index (χ0) is 13.7. The van der Waals surface area contributed by atoms with Gasteiger partial charge in [-0.1, -0.05) is 44.5 Å². The van der Waals surface area contributed by atoms with Crippen molar-refractivity contribution in [3.05, 3.63) is 35.4 Å². The van der Waals surface area contributed by atoms with Crippen LogP contribution < -0.4 is 0 Å². The third-order valence-electron chi connectivity index (χ3n) is 4.61. The van der Waals surface area contributed by atoms with E-state index in [0.717, 1.165) is 12.8 Å². The highest BCUT2D eigenvalue weighted by Crippen LogP contribution is 2.36. The van der Waals surface area contributed by atoms with Gasteiger partial charge in [-0.25, -0.2) is 0 Å². The van der Waals surface area contributed by atoms with Crippen molar-refractivity contribution in [3.8, 4) is 6.07 Å². The van der Waals surface area contributed by atoms with Crippen LogP contribution in [0.2, 0.25) is 0 Å². The van der Waals surface area contributed by atoms with E-state index < -0.39 is 0 Å². The molecule has 1 aromatic rings. The van der Waals surface area contributed by atoms with Gasteiger partial charge < -0.3 is 0 Å². The highest BCUT2D eigenvalue weighted by molar-refractivity contribution is 5.27. The van der Waals surface area contributed by atoms with Crippen LogP contribution in [0.3, 0.4) is 0 Å². The molecule has 2 rings (SSSR count). The van der Waals surface area contributed by atoms with Crippen LogP contribution in [-0.4, -0.2) is 0 Å². The summed E-state index contributed by atoms with van der Waals surface area (Å²) >= 11 is 0. The zero-order valence-electron chi connectivity index (χ0n) is 12.2. The summed E-state index contributed by atoms with van der Waals surface area (Å²) in [5.74, 6) is 1.66. The summed E-state index contributed by atoms with van der Waals surface area (Å²) in [6.45, 7) is 4.56. The molecule has 0 radical (unpaired) electrons. The van der Waals surface area contributed by atoms with Crippen molar-refractivity contribution in [2.24, 2.45) is 5.92 Å². The van der Waals surface area contributed by atoms with Crippen LogP contribution in [0.5, 0.6) is 0 Å². The Morgan fingerprint density at radius 1 is 1.16 bits per heavy atom. The van der Waals surface area contributed by atoms with E-state index in [1.165, 1.54) is 36.8 Å². The zero-order valence-corrected chi connectivity index (χ0v) is 12.2. The van der Waals surface area contributed by atoms with Crippen LogP contribution in [0.25, 0.3) is 0 Å². The largest absolute Gasteiger partial charge is 0.198 e. The van der Waals surface area contributed by atoms with Crippen LogP contribution in [0.4, 0.5) is 0 Å². The van der Waals surface area contributed by atoms with Crippen molar-refractivity contribution in [2.45, 2.75) is 64.2 Å². The van der Waals surface area contributed by atoms with E-state index in [-0.39, 0.29) is 0 Å².